The molecule has 1 amide bonds. The van der Waals surface area contributed by atoms with Crippen molar-refractivity contribution in [1.29, 1.82) is 0 Å². The topological polar surface area (TPSA) is 74.2 Å². The minimum absolute atomic E-state index is 0.0466. The Bertz CT molecular complexity index is 843. The molecule has 1 aromatic carbocycles. The van der Waals surface area contributed by atoms with E-state index in [1.165, 1.54) is 21.6 Å². The Morgan fingerprint density at radius 2 is 2.32 bits per heavy atom. The van der Waals surface area contributed by atoms with E-state index in [-0.39, 0.29) is 11.9 Å². The number of β-amino-alcohol motifs (C(OH)–C–C–N with tert-alkyl or cyclic N) is 1. The minimum atomic E-state index is -0.426. The molecule has 0 saturated carbocycles. The quantitative estimate of drug-likeness (QED) is 0.769. The first-order valence-electron chi connectivity index (χ1n) is 8.54. The molecule has 2 aliphatic rings. The zero-order valence-electron chi connectivity index (χ0n) is 14.1. The molecule has 0 bridgehead atoms. The van der Waals surface area contributed by atoms with Gasteiger partial charge in [-0.3, -0.25) is 4.79 Å². The second-order valence-corrected chi connectivity index (χ2v) is 7.50. The molecule has 1 aromatic heterocycles. The summed E-state index contributed by atoms with van der Waals surface area (Å²) in [7, 11) is 0. The van der Waals surface area contributed by atoms with Gasteiger partial charge >= 0.3 is 0 Å². The summed E-state index contributed by atoms with van der Waals surface area (Å²) >= 11 is 1.65. The summed E-state index contributed by atoms with van der Waals surface area (Å²) in [6.07, 6.45) is 3.28. The molecule has 0 unspecified atom stereocenters. The average Bonchev–Trinajstić information content (AvgIpc) is 3.23. The van der Waals surface area contributed by atoms with E-state index in [0.717, 1.165) is 17.7 Å². The second kappa shape index (κ2) is 6.71. The van der Waals surface area contributed by atoms with Crippen LogP contribution in [0.15, 0.2) is 29.8 Å². The lowest BCUT2D eigenvalue weighted by molar-refractivity contribution is -0.123. The van der Waals surface area contributed by atoms with Crippen molar-refractivity contribution < 1.29 is 9.90 Å². The molecule has 5 nitrogen and oxygen atoms in total. The molecule has 1 aliphatic heterocycles. The third-order valence-electron chi connectivity index (χ3n) is 4.75. The summed E-state index contributed by atoms with van der Waals surface area (Å²) < 4.78 is 0. The lowest BCUT2D eigenvalue weighted by Crippen LogP contribution is -2.40. The molecule has 0 radical (unpaired) electrons. The fourth-order valence-electron chi connectivity index (χ4n) is 3.24. The van der Waals surface area contributed by atoms with Crippen LogP contribution in [-0.4, -0.2) is 34.7 Å². The summed E-state index contributed by atoms with van der Waals surface area (Å²) in [5, 5.41) is 15.6. The number of aromatic nitrogens is 1. The zero-order chi connectivity index (χ0) is 17.4. The second-order valence-electron chi connectivity index (χ2n) is 6.64. The van der Waals surface area contributed by atoms with Crippen LogP contribution in [0.2, 0.25) is 0 Å². The standard InChI is InChI=1S/C19H21N3O2S/c1-11-18(25-10-22-11)13-4-5-14(16(6-13)12-2-3-12)8-21-19(24)17-7-15(23)9-20-17/h2,4-6,10,15,17,20,23H,3,7-9H2,1H3,(H,21,24)/t15-,17+/m1/s1. The van der Waals surface area contributed by atoms with E-state index in [1.807, 2.05) is 12.4 Å². The van der Waals surface area contributed by atoms with Crippen molar-refractivity contribution in [1.82, 2.24) is 15.6 Å². The van der Waals surface area contributed by atoms with Gasteiger partial charge in [0.25, 0.3) is 0 Å². The van der Waals surface area contributed by atoms with Crippen LogP contribution in [0.5, 0.6) is 0 Å². The van der Waals surface area contributed by atoms with Crippen molar-refractivity contribution in [2.45, 2.75) is 38.5 Å². The number of hydrogen-bond acceptors (Lipinski definition) is 5. The Morgan fingerprint density at radius 3 is 2.96 bits per heavy atom. The first kappa shape index (κ1) is 16.4. The normalized spacial score (nSPS) is 21.9. The first-order chi connectivity index (χ1) is 12.1. The lowest BCUT2D eigenvalue weighted by atomic mass is 10.00. The maximum atomic E-state index is 12.3. The number of allylic oxidation sites excluding steroid dienone is 2. The van der Waals surface area contributed by atoms with Crippen molar-refractivity contribution in [3.05, 3.63) is 46.6 Å². The van der Waals surface area contributed by atoms with Crippen molar-refractivity contribution in [3.63, 3.8) is 0 Å². The summed E-state index contributed by atoms with van der Waals surface area (Å²) in [6.45, 7) is 3.01. The molecular formula is C19H21N3O2S. The van der Waals surface area contributed by atoms with Crippen molar-refractivity contribution in [2.75, 3.05) is 6.54 Å². The molecule has 1 fully saturated rings. The predicted octanol–water partition coefficient (Wildman–Crippen LogP) is 2.24. The summed E-state index contributed by atoms with van der Waals surface area (Å²) in [4.78, 5) is 17.8. The minimum Gasteiger partial charge on any atom is -0.392 e. The van der Waals surface area contributed by atoms with Gasteiger partial charge in [0, 0.05) is 13.1 Å². The van der Waals surface area contributed by atoms with Gasteiger partial charge in [0.2, 0.25) is 5.91 Å². The molecule has 0 spiro atoms. The van der Waals surface area contributed by atoms with E-state index < -0.39 is 6.10 Å². The number of benzene rings is 1. The summed E-state index contributed by atoms with van der Waals surface area (Å²) in [5.41, 5.74) is 7.78. The van der Waals surface area contributed by atoms with Gasteiger partial charge in [-0.1, -0.05) is 18.2 Å². The Morgan fingerprint density at radius 1 is 1.48 bits per heavy atom. The summed E-state index contributed by atoms with van der Waals surface area (Å²) in [6, 6.07) is 6.11. The number of aliphatic hydroxyl groups excluding tert-OH is 1. The molecule has 1 saturated heterocycles. The van der Waals surface area contributed by atoms with Crippen LogP contribution in [-0.2, 0) is 11.3 Å². The number of carbonyl (C=O) groups excluding carboxylic acids is 1. The maximum Gasteiger partial charge on any atom is 0.237 e. The highest BCUT2D eigenvalue weighted by molar-refractivity contribution is 7.13. The largest absolute Gasteiger partial charge is 0.392 e. The van der Waals surface area contributed by atoms with E-state index >= 15 is 0 Å². The molecule has 3 N–H and O–H groups in total. The number of nitrogens with zero attached hydrogens (tertiary/aromatic N) is 1. The molecule has 1 aliphatic carbocycles. The third-order valence-corrected chi connectivity index (χ3v) is 5.73. The van der Waals surface area contributed by atoms with Gasteiger partial charge in [0.15, 0.2) is 0 Å². The lowest BCUT2D eigenvalue weighted by Gasteiger charge is -2.14. The Labute approximate surface area is 150 Å². The van der Waals surface area contributed by atoms with Crippen LogP contribution in [0.4, 0.5) is 0 Å². The molecular weight excluding hydrogens is 334 g/mol. The predicted molar refractivity (Wildman–Crippen MR) is 99.1 cm³/mol. The molecule has 2 atom stereocenters. The van der Waals surface area contributed by atoms with Gasteiger partial charge < -0.3 is 15.7 Å². The van der Waals surface area contributed by atoms with E-state index in [1.54, 1.807) is 11.3 Å². The number of carbonyl (C=O) groups is 1. The fraction of sp³-hybridized carbons (Fsp3) is 0.368. The Hall–Kier alpha value is -2.02. The van der Waals surface area contributed by atoms with Crippen molar-refractivity contribution in [2.24, 2.45) is 0 Å². The van der Waals surface area contributed by atoms with Gasteiger partial charge in [-0.2, -0.15) is 0 Å². The Kier molecular flexibility index (Phi) is 4.41. The highest BCUT2D eigenvalue weighted by Crippen LogP contribution is 2.37. The van der Waals surface area contributed by atoms with Crippen molar-refractivity contribution in [3.8, 4) is 10.4 Å². The number of thiazole rings is 1. The van der Waals surface area contributed by atoms with Gasteiger partial charge in [-0.05, 0) is 48.1 Å². The van der Waals surface area contributed by atoms with Crippen LogP contribution >= 0.6 is 11.3 Å². The number of rotatable bonds is 5. The van der Waals surface area contributed by atoms with Gasteiger partial charge in [-0.25, -0.2) is 4.98 Å². The zero-order valence-corrected chi connectivity index (χ0v) is 14.9. The molecule has 25 heavy (non-hydrogen) atoms. The molecule has 2 heterocycles. The van der Waals surface area contributed by atoms with Gasteiger partial charge in [-0.15, -0.1) is 11.3 Å². The SMILES string of the molecule is Cc1ncsc1-c1ccc(CNC(=O)[C@@H]2C[C@@H](O)CN2)c(C2=CC2)c1. The third kappa shape index (κ3) is 3.51. The van der Waals surface area contributed by atoms with Crippen LogP contribution in [0.25, 0.3) is 16.0 Å². The molecule has 130 valence electrons. The van der Waals surface area contributed by atoms with E-state index in [0.29, 0.717) is 19.5 Å². The van der Waals surface area contributed by atoms with Crippen LogP contribution in [0, 0.1) is 6.92 Å². The molecule has 6 heteroatoms. The highest BCUT2D eigenvalue weighted by Gasteiger charge is 2.28. The van der Waals surface area contributed by atoms with Gasteiger partial charge in [0.1, 0.15) is 0 Å². The molecule has 4 rings (SSSR count). The Balaban J connectivity index is 1.51. The van der Waals surface area contributed by atoms with Crippen LogP contribution < -0.4 is 10.6 Å². The number of amides is 1. The number of aryl methyl sites for hydroxylation is 1. The maximum absolute atomic E-state index is 12.3. The van der Waals surface area contributed by atoms with E-state index in [4.69, 9.17) is 0 Å². The number of hydrogen-bond donors (Lipinski definition) is 3. The first-order valence-corrected chi connectivity index (χ1v) is 9.41. The van der Waals surface area contributed by atoms with Gasteiger partial charge in [0.05, 0.1) is 28.2 Å². The van der Waals surface area contributed by atoms with E-state index in [2.05, 4.69) is 39.9 Å². The van der Waals surface area contributed by atoms with Crippen LogP contribution in [0.3, 0.4) is 0 Å². The number of aliphatic hydroxyl groups is 1. The van der Waals surface area contributed by atoms with Crippen molar-refractivity contribution >= 4 is 22.8 Å². The fourth-order valence-corrected chi connectivity index (χ4v) is 4.05. The molecule has 2 aromatic rings. The highest BCUT2D eigenvalue weighted by atomic mass is 32.1. The average molecular weight is 355 g/mol. The summed E-state index contributed by atoms with van der Waals surface area (Å²) in [5.74, 6) is -0.0466. The monoisotopic (exact) mass is 355 g/mol. The number of nitrogens with one attached hydrogen (secondary N) is 2. The smallest absolute Gasteiger partial charge is 0.237 e. The van der Waals surface area contributed by atoms with E-state index in [9.17, 15) is 9.90 Å². The van der Waals surface area contributed by atoms with Crippen LogP contribution in [0.1, 0.15) is 29.7 Å².